The van der Waals surface area contributed by atoms with Crippen LogP contribution >= 0.6 is 12.2 Å². The van der Waals surface area contributed by atoms with Gasteiger partial charge in [-0.25, -0.2) is 9.49 Å². The molecule has 3 aromatic rings. The molecule has 1 aromatic heterocycles. The van der Waals surface area contributed by atoms with Gasteiger partial charge in [0.25, 0.3) is 0 Å². The third-order valence-electron chi connectivity index (χ3n) is 3.48. The van der Waals surface area contributed by atoms with Gasteiger partial charge in [-0.1, -0.05) is 12.1 Å². The Labute approximate surface area is 144 Å². The lowest BCUT2D eigenvalue weighted by Crippen LogP contribution is -2.08. The molecule has 3 rings (SSSR count). The van der Waals surface area contributed by atoms with Gasteiger partial charge in [0, 0.05) is 25.3 Å². The molecule has 0 spiro atoms. The van der Waals surface area contributed by atoms with Gasteiger partial charge in [0.15, 0.2) is 5.82 Å². The second-order valence-electron chi connectivity index (χ2n) is 5.40. The van der Waals surface area contributed by atoms with Crippen LogP contribution in [0.2, 0.25) is 0 Å². The summed E-state index contributed by atoms with van der Waals surface area (Å²) in [6.07, 6.45) is 1.71. The van der Waals surface area contributed by atoms with Crippen molar-refractivity contribution in [2.75, 3.05) is 19.0 Å². The van der Waals surface area contributed by atoms with Gasteiger partial charge in [-0.2, -0.15) is 14.9 Å². The number of hydrogen-bond acceptors (Lipinski definition) is 4. The van der Waals surface area contributed by atoms with E-state index >= 15 is 0 Å². The van der Waals surface area contributed by atoms with Crippen molar-refractivity contribution in [3.05, 3.63) is 64.7 Å². The number of aromatic amines is 1. The molecule has 2 aromatic carbocycles. The number of anilines is 1. The van der Waals surface area contributed by atoms with Crippen LogP contribution in [0.3, 0.4) is 0 Å². The number of aromatic nitrogens is 3. The maximum atomic E-state index is 13.1. The Hall–Kier alpha value is -2.80. The van der Waals surface area contributed by atoms with E-state index in [1.54, 1.807) is 18.3 Å². The van der Waals surface area contributed by atoms with Crippen molar-refractivity contribution in [2.45, 2.75) is 0 Å². The van der Waals surface area contributed by atoms with Crippen molar-refractivity contribution >= 4 is 24.1 Å². The average molecular weight is 341 g/mol. The molecule has 0 saturated carbocycles. The summed E-state index contributed by atoms with van der Waals surface area (Å²) in [5.74, 6) is 0.227. The SMILES string of the molecule is CN(C)c1ccc(C=Nn2c(-c3ccc(F)cc3)n[nH]c2=S)cc1. The average Bonchev–Trinajstić information content (AvgIpc) is 2.95. The first-order chi connectivity index (χ1) is 11.5. The molecule has 1 N–H and O–H groups in total. The van der Waals surface area contributed by atoms with E-state index in [9.17, 15) is 4.39 Å². The summed E-state index contributed by atoms with van der Waals surface area (Å²) in [7, 11) is 3.98. The Morgan fingerprint density at radius 2 is 1.79 bits per heavy atom. The minimum atomic E-state index is -0.302. The smallest absolute Gasteiger partial charge is 0.216 e. The fourth-order valence-electron chi connectivity index (χ4n) is 2.17. The Kier molecular flexibility index (Phi) is 4.52. The summed E-state index contributed by atoms with van der Waals surface area (Å²) in [4.78, 5) is 2.03. The van der Waals surface area contributed by atoms with Crippen LogP contribution < -0.4 is 4.90 Å². The Morgan fingerprint density at radius 1 is 1.12 bits per heavy atom. The van der Waals surface area contributed by atoms with E-state index in [-0.39, 0.29) is 5.82 Å². The molecular formula is C17H16FN5S. The van der Waals surface area contributed by atoms with Crippen molar-refractivity contribution in [1.82, 2.24) is 14.9 Å². The molecule has 0 aliphatic carbocycles. The quantitative estimate of drug-likeness (QED) is 0.581. The molecule has 0 unspecified atom stereocenters. The Morgan fingerprint density at radius 3 is 2.42 bits per heavy atom. The lowest BCUT2D eigenvalue weighted by molar-refractivity contribution is 0.628. The van der Waals surface area contributed by atoms with Crippen molar-refractivity contribution in [1.29, 1.82) is 0 Å². The second-order valence-corrected chi connectivity index (χ2v) is 5.79. The number of hydrogen-bond donors (Lipinski definition) is 1. The number of H-pyrrole nitrogens is 1. The van der Waals surface area contributed by atoms with Crippen LogP contribution in [0.4, 0.5) is 10.1 Å². The highest BCUT2D eigenvalue weighted by molar-refractivity contribution is 7.71. The molecular weight excluding hydrogens is 325 g/mol. The van der Waals surface area contributed by atoms with Gasteiger partial charge >= 0.3 is 0 Å². The summed E-state index contributed by atoms with van der Waals surface area (Å²) in [5.41, 5.74) is 2.77. The van der Waals surface area contributed by atoms with Crippen LogP contribution in [0.1, 0.15) is 5.56 Å². The molecule has 122 valence electrons. The molecule has 0 atom stereocenters. The molecule has 0 radical (unpaired) electrons. The highest BCUT2D eigenvalue weighted by Gasteiger charge is 2.08. The predicted molar refractivity (Wildman–Crippen MR) is 96.6 cm³/mol. The van der Waals surface area contributed by atoms with Crippen LogP contribution in [0.5, 0.6) is 0 Å². The monoisotopic (exact) mass is 341 g/mol. The lowest BCUT2D eigenvalue weighted by atomic mass is 10.2. The standard InChI is InChI=1S/C17H16FN5S/c1-22(2)15-9-3-12(4-10-15)11-19-23-16(20-21-17(23)24)13-5-7-14(18)8-6-13/h3-11H,1-2H3,(H,21,24). The molecule has 5 nitrogen and oxygen atoms in total. The maximum Gasteiger partial charge on any atom is 0.216 e. The van der Waals surface area contributed by atoms with E-state index in [0.717, 1.165) is 16.8 Å². The first-order valence-corrected chi connectivity index (χ1v) is 7.70. The minimum absolute atomic E-state index is 0.302. The van der Waals surface area contributed by atoms with Crippen LogP contribution in [-0.2, 0) is 0 Å². The van der Waals surface area contributed by atoms with Gasteiger partial charge in [-0.05, 0) is 54.2 Å². The molecule has 7 heteroatoms. The predicted octanol–water partition coefficient (Wildman–Crippen LogP) is 3.69. The van der Waals surface area contributed by atoms with Gasteiger partial charge in [0.05, 0.1) is 6.21 Å². The zero-order chi connectivity index (χ0) is 17.1. The van der Waals surface area contributed by atoms with Gasteiger partial charge < -0.3 is 4.90 Å². The number of benzene rings is 2. The van der Waals surface area contributed by atoms with E-state index in [4.69, 9.17) is 12.2 Å². The third-order valence-corrected chi connectivity index (χ3v) is 3.75. The van der Waals surface area contributed by atoms with Crippen molar-refractivity contribution in [3.63, 3.8) is 0 Å². The van der Waals surface area contributed by atoms with E-state index in [0.29, 0.717) is 10.6 Å². The molecule has 1 heterocycles. The van der Waals surface area contributed by atoms with Gasteiger partial charge in [0.2, 0.25) is 4.77 Å². The van der Waals surface area contributed by atoms with E-state index in [1.165, 1.54) is 16.8 Å². The Balaban J connectivity index is 1.91. The van der Waals surface area contributed by atoms with E-state index < -0.39 is 0 Å². The van der Waals surface area contributed by atoms with Crippen molar-refractivity contribution < 1.29 is 4.39 Å². The summed E-state index contributed by atoms with van der Waals surface area (Å²) >= 11 is 5.22. The van der Waals surface area contributed by atoms with Crippen LogP contribution in [0, 0.1) is 10.6 Å². The second kappa shape index (κ2) is 6.76. The number of rotatable bonds is 4. The van der Waals surface area contributed by atoms with Crippen LogP contribution in [0.15, 0.2) is 53.6 Å². The van der Waals surface area contributed by atoms with Crippen molar-refractivity contribution in [2.24, 2.45) is 5.10 Å². The largest absolute Gasteiger partial charge is 0.378 e. The molecule has 0 bridgehead atoms. The number of nitrogens with one attached hydrogen (secondary N) is 1. The van der Waals surface area contributed by atoms with Gasteiger partial charge in [0.1, 0.15) is 5.82 Å². The summed E-state index contributed by atoms with van der Waals surface area (Å²) in [5, 5.41) is 11.3. The molecule has 0 saturated heterocycles. The van der Waals surface area contributed by atoms with Gasteiger partial charge in [-0.3, -0.25) is 0 Å². The van der Waals surface area contributed by atoms with Crippen LogP contribution in [0.25, 0.3) is 11.4 Å². The molecule has 0 amide bonds. The van der Waals surface area contributed by atoms with Gasteiger partial charge in [-0.15, -0.1) is 0 Å². The Bertz CT molecular complexity index is 907. The fraction of sp³-hybridized carbons (Fsp3) is 0.118. The molecule has 0 fully saturated rings. The summed E-state index contributed by atoms with van der Waals surface area (Å²) in [6, 6.07) is 14.0. The normalized spacial score (nSPS) is 11.1. The number of halogens is 1. The lowest BCUT2D eigenvalue weighted by Gasteiger charge is -2.11. The maximum absolute atomic E-state index is 13.1. The highest BCUT2D eigenvalue weighted by atomic mass is 32.1. The van der Waals surface area contributed by atoms with Crippen LogP contribution in [-0.4, -0.2) is 35.2 Å². The molecule has 0 aliphatic rings. The van der Waals surface area contributed by atoms with E-state index in [2.05, 4.69) is 15.3 Å². The van der Waals surface area contributed by atoms with E-state index in [1.807, 2.05) is 43.3 Å². The first-order valence-electron chi connectivity index (χ1n) is 7.30. The minimum Gasteiger partial charge on any atom is -0.378 e. The third kappa shape index (κ3) is 3.41. The molecule has 24 heavy (non-hydrogen) atoms. The zero-order valence-corrected chi connectivity index (χ0v) is 14.1. The van der Waals surface area contributed by atoms with Crippen molar-refractivity contribution in [3.8, 4) is 11.4 Å². The molecule has 0 aliphatic heterocycles. The summed E-state index contributed by atoms with van der Waals surface area (Å²) < 4.78 is 15.0. The highest BCUT2D eigenvalue weighted by Crippen LogP contribution is 2.18. The number of nitrogens with zero attached hydrogens (tertiary/aromatic N) is 4. The summed E-state index contributed by atoms with van der Waals surface area (Å²) in [6.45, 7) is 0. The fourth-order valence-corrected chi connectivity index (χ4v) is 2.35. The zero-order valence-electron chi connectivity index (χ0n) is 13.3. The topological polar surface area (TPSA) is 49.2 Å². The first kappa shape index (κ1) is 16.1.